The molecule has 0 aliphatic heterocycles. The normalized spacial score (nSPS) is 11.5. The molecule has 0 saturated heterocycles. The largest absolute Gasteiger partial charge is 0.507 e. The molecule has 4 aromatic carbocycles. The van der Waals surface area contributed by atoms with E-state index in [1.165, 1.54) is 10.9 Å². The summed E-state index contributed by atoms with van der Waals surface area (Å²) in [6.07, 6.45) is 1.86. The first-order valence-electron chi connectivity index (χ1n) is 13.1. The molecule has 1 N–H and O–H groups in total. The molecule has 39 heavy (non-hydrogen) atoms. The molecule has 186 valence electrons. The van der Waals surface area contributed by atoms with Crippen LogP contribution in [0.3, 0.4) is 0 Å². The topological polar surface area (TPSA) is 50.9 Å². The van der Waals surface area contributed by atoms with Gasteiger partial charge in [0.15, 0.2) is 0 Å². The van der Waals surface area contributed by atoms with Crippen LogP contribution in [0.2, 0.25) is 0 Å². The Morgan fingerprint density at radius 2 is 1.56 bits per heavy atom. The van der Waals surface area contributed by atoms with E-state index in [9.17, 15) is 5.11 Å². The molecule has 3 heterocycles. The quantitative estimate of drug-likeness (QED) is 0.246. The average molecular weight is 523 g/mol. The van der Waals surface area contributed by atoms with Crippen molar-refractivity contribution in [1.82, 2.24) is 14.5 Å². The molecule has 0 unspecified atom stereocenters. The van der Waals surface area contributed by atoms with E-state index >= 15 is 0 Å². The summed E-state index contributed by atoms with van der Waals surface area (Å²) in [7, 11) is 0. The second-order valence-corrected chi connectivity index (χ2v) is 10.2. The average Bonchev–Trinajstić information content (AvgIpc) is 3.67. The Kier molecular flexibility index (Phi) is 5.48. The number of hydrogen-bond donors (Lipinski definition) is 1. The third kappa shape index (κ3) is 4.19. The Labute approximate surface area is 231 Å². The summed E-state index contributed by atoms with van der Waals surface area (Å²) in [5.74, 6) is 0.646. The second kappa shape index (κ2) is 9.71. The van der Waals surface area contributed by atoms with Crippen LogP contribution >= 0.6 is 11.3 Å². The third-order valence-corrected chi connectivity index (χ3v) is 7.74. The van der Waals surface area contributed by atoms with Gasteiger partial charge in [0.25, 0.3) is 0 Å². The summed E-state index contributed by atoms with van der Waals surface area (Å²) in [5, 5.41) is 12.9. The van der Waals surface area contributed by atoms with Gasteiger partial charge in [-0.1, -0.05) is 66.7 Å². The van der Waals surface area contributed by atoms with E-state index in [1.54, 1.807) is 23.5 Å². The summed E-state index contributed by atoms with van der Waals surface area (Å²) in [6.45, 7) is 0. The number of pyridine rings is 1. The number of phenols is 1. The summed E-state index contributed by atoms with van der Waals surface area (Å²) >= 11 is 1.72. The first-order valence-corrected chi connectivity index (χ1v) is 13.5. The molecule has 0 amide bonds. The van der Waals surface area contributed by atoms with Gasteiger partial charge >= 0.3 is 0 Å². The van der Waals surface area contributed by atoms with Crippen molar-refractivity contribution in [1.29, 1.82) is 0 Å². The molecule has 0 bridgehead atoms. The lowest BCUT2D eigenvalue weighted by atomic mass is 9.99. The minimum Gasteiger partial charge on any atom is -0.507 e. The Morgan fingerprint density at radius 3 is 2.41 bits per heavy atom. The minimum absolute atomic E-state index is 0.0280. The highest BCUT2D eigenvalue weighted by molar-refractivity contribution is 7.13. The van der Waals surface area contributed by atoms with Crippen molar-refractivity contribution in [3.8, 4) is 55.6 Å². The summed E-state index contributed by atoms with van der Waals surface area (Å²) < 4.78 is 9.98. The number of rotatable bonds is 5. The number of phenolic OH excluding ortho intramolecular Hbond substituents is 1. The summed E-state index contributed by atoms with van der Waals surface area (Å²) in [5.41, 5.74) is 8.37. The van der Waals surface area contributed by atoms with Gasteiger partial charge in [0, 0.05) is 27.9 Å². The molecule has 0 atom stereocenters. The Morgan fingerprint density at radius 1 is 0.718 bits per heavy atom. The molecular weight excluding hydrogens is 498 g/mol. The Bertz CT molecular complexity index is 1980. The van der Waals surface area contributed by atoms with Crippen LogP contribution in [0.5, 0.6) is 5.75 Å². The molecule has 0 aliphatic carbocycles. The molecule has 7 aromatic rings. The highest BCUT2D eigenvalue weighted by atomic mass is 32.1. The van der Waals surface area contributed by atoms with Crippen LogP contribution in [0.1, 0.15) is 1.37 Å². The van der Waals surface area contributed by atoms with Crippen LogP contribution < -0.4 is 0 Å². The van der Waals surface area contributed by atoms with Crippen molar-refractivity contribution < 1.29 is 6.48 Å². The van der Waals surface area contributed by atoms with Crippen molar-refractivity contribution in [2.75, 3.05) is 0 Å². The summed E-state index contributed by atoms with van der Waals surface area (Å²) in [4.78, 5) is 11.0. The van der Waals surface area contributed by atoms with E-state index in [2.05, 4.69) is 63.5 Å². The number of aromatic hydroxyl groups is 1. The van der Waals surface area contributed by atoms with Gasteiger partial charge in [0.05, 0.1) is 23.7 Å². The molecule has 0 spiro atoms. The number of benzene rings is 4. The molecule has 0 aliphatic rings. The van der Waals surface area contributed by atoms with Crippen LogP contribution in [0.25, 0.3) is 60.9 Å². The van der Waals surface area contributed by atoms with Gasteiger partial charge in [-0.2, -0.15) is 0 Å². The highest BCUT2D eigenvalue weighted by Gasteiger charge is 2.19. The van der Waals surface area contributed by atoms with E-state index in [0.29, 0.717) is 11.4 Å². The molecule has 0 saturated carbocycles. The predicted octanol–water partition coefficient (Wildman–Crippen LogP) is 8.86. The van der Waals surface area contributed by atoms with Crippen LogP contribution in [-0.4, -0.2) is 19.6 Å². The van der Waals surface area contributed by atoms with Gasteiger partial charge in [0.1, 0.15) is 11.6 Å². The Balaban J connectivity index is 1.41. The lowest BCUT2D eigenvalue weighted by Gasteiger charge is -2.11. The SMILES string of the molecule is [2H]c1ccc(-c2nc3c(-c4cccc(-c5cc(-c6cccs6)ccn5)c4)cccc3n2-c2ccccc2)c(O)c1. The van der Waals surface area contributed by atoms with Crippen LogP contribution in [0.4, 0.5) is 0 Å². The lowest BCUT2D eigenvalue weighted by molar-refractivity contribution is 0.477. The third-order valence-electron chi connectivity index (χ3n) is 6.82. The first-order chi connectivity index (χ1) is 19.7. The molecule has 0 radical (unpaired) electrons. The van der Waals surface area contributed by atoms with Gasteiger partial charge in [-0.3, -0.25) is 9.55 Å². The fraction of sp³-hybridized carbons (Fsp3) is 0. The maximum absolute atomic E-state index is 10.8. The van der Waals surface area contributed by atoms with E-state index < -0.39 is 0 Å². The second-order valence-electron chi connectivity index (χ2n) is 9.21. The zero-order valence-corrected chi connectivity index (χ0v) is 21.6. The zero-order chi connectivity index (χ0) is 27.1. The van der Waals surface area contributed by atoms with E-state index in [-0.39, 0.29) is 11.8 Å². The van der Waals surface area contributed by atoms with Crippen LogP contribution in [-0.2, 0) is 0 Å². The molecule has 4 nitrogen and oxygen atoms in total. The maximum Gasteiger partial charge on any atom is 0.149 e. The molecule has 3 aromatic heterocycles. The van der Waals surface area contributed by atoms with Crippen LogP contribution in [0.15, 0.2) is 133 Å². The van der Waals surface area contributed by atoms with Gasteiger partial charge in [-0.25, -0.2) is 4.98 Å². The van der Waals surface area contributed by atoms with Gasteiger partial charge in [0.2, 0.25) is 0 Å². The minimum atomic E-state index is 0.0280. The molecule has 0 fully saturated rings. The monoisotopic (exact) mass is 522 g/mol. The van der Waals surface area contributed by atoms with Gasteiger partial charge < -0.3 is 5.11 Å². The maximum atomic E-state index is 10.8. The first kappa shape index (κ1) is 22.0. The number of thiophene rings is 1. The lowest BCUT2D eigenvalue weighted by Crippen LogP contribution is -1.97. The van der Waals surface area contributed by atoms with Crippen molar-refractivity contribution in [2.24, 2.45) is 0 Å². The van der Waals surface area contributed by atoms with Crippen molar-refractivity contribution in [3.05, 3.63) is 133 Å². The predicted molar refractivity (Wildman–Crippen MR) is 160 cm³/mol. The molecule has 5 heteroatoms. The van der Waals surface area contributed by atoms with E-state index in [0.717, 1.165) is 44.7 Å². The number of hydrogen-bond acceptors (Lipinski definition) is 4. The fourth-order valence-corrected chi connectivity index (χ4v) is 5.72. The van der Waals surface area contributed by atoms with E-state index in [4.69, 9.17) is 6.35 Å². The Hall–Kier alpha value is -5.00. The van der Waals surface area contributed by atoms with Gasteiger partial charge in [-0.15, -0.1) is 11.3 Å². The fourth-order valence-electron chi connectivity index (χ4n) is 4.99. The summed E-state index contributed by atoms with van der Waals surface area (Å²) in [6, 6.07) is 38.0. The standard InChI is InChI=1S/C34H23N3OS/c38-31-16-5-4-13-28(31)34-36-33-27(14-7-15-30(33)37(34)26-11-2-1-3-12-26)23-9-6-10-24(21-23)29-22-25(18-19-35-29)32-17-8-20-39-32/h1-22,38H/i5D. The van der Waals surface area contributed by atoms with Crippen LogP contribution in [0, 0.1) is 0 Å². The smallest absolute Gasteiger partial charge is 0.149 e. The number of para-hydroxylation sites is 3. The van der Waals surface area contributed by atoms with E-state index in [1.807, 2.05) is 54.7 Å². The number of nitrogens with zero attached hydrogens (tertiary/aromatic N) is 3. The number of fused-ring (bicyclic) bond motifs is 1. The van der Waals surface area contributed by atoms with Gasteiger partial charge in [-0.05, 0) is 71.1 Å². The highest BCUT2D eigenvalue weighted by Crippen LogP contribution is 2.38. The van der Waals surface area contributed by atoms with Crippen molar-refractivity contribution >= 4 is 22.4 Å². The number of aromatic nitrogens is 3. The zero-order valence-electron chi connectivity index (χ0n) is 21.8. The molecule has 7 rings (SSSR count). The molecular formula is C34H23N3OS. The van der Waals surface area contributed by atoms with Crippen molar-refractivity contribution in [2.45, 2.75) is 0 Å². The van der Waals surface area contributed by atoms with Crippen molar-refractivity contribution in [3.63, 3.8) is 0 Å². The number of imidazole rings is 1.